The Balaban J connectivity index is 1.35. The van der Waals surface area contributed by atoms with Crippen molar-refractivity contribution in [2.75, 3.05) is 5.32 Å². The van der Waals surface area contributed by atoms with Crippen LogP contribution in [0.25, 0.3) is 31.8 Å². The molecule has 5 aromatic rings. The summed E-state index contributed by atoms with van der Waals surface area (Å²) in [4.78, 5) is 45.1. The summed E-state index contributed by atoms with van der Waals surface area (Å²) in [6, 6.07) is 6.56. The van der Waals surface area contributed by atoms with Crippen LogP contribution < -0.4 is 15.8 Å². The Bertz CT molecular complexity index is 1760. The molecule has 0 bridgehead atoms. The van der Waals surface area contributed by atoms with Gasteiger partial charge < -0.3 is 15.2 Å². The standard InChI is InChI=1S/C27H24FN7O4S/c1-12-5-17(24-20(6-12)34-21(11-32-24)25(29)36)26-35-19-7-18(28)22(8-23(19)40-26)38-13(2)14(3)39-27(37)33-16-9-30-15(4)31-10-16/h5-11,13-14H,1-4H3,(H2,29,36)(H,33,37)/t13-,14+/m0/s1. The number of carbonyl (C=O) groups is 2. The van der Waals surface area contributed by atoms with Crippen LogP contribution in [-0.4, -0.2) is 49.1 Å². The van der Waals surface area contributed by atoms with Crippen LogP contribution in [0.5, 0.6) is 5.75 Å². The molecule has 0 fully saturated rings. The van der Waals surface area contributed by atoms with Gasteiger partial charge in [0.1, 0.15) is 28.7 Å². The third-order valence-electron chi connectivity index (χ3n) is 6.01. The Morgan fingerprint density at radius 3 is 2.45 bits per heavy atom. The number of nitrogens with zero attached hydrogens (tertiary/aromatic N) is 5. The maximum atomic E-state index is 15.0. The van der Waals surface area contributed by atoms with E-state index in [9.17, 15) is 9.59 Å². The number of rotatable bonds is 7. The molecule has 2 aromatic carbocycles. The van der Waals surface area contributed by atoms with Crippen LogP contribution in [0.1, 0.15) is 35.7 Å². The van der Waals surface area contributed by atoms with Crippen molar-refractivity contribution in [1.29, 1.82) is 0 Å². The van der Waals surface area contributed by atoms with Crippen molar-refractivity contribution in [2.45, 2.75) is 39.9 Å². The number of ether oxygens (including phenoxy) is 2. The quantitative estimate of drug-likeness (QED) is 0.281. The van der Waals surface area contributed by atoms with E-state index in [1.807, 2.05) is 13.0 Å². The third-order valence-corrected chi connectivity index (χ3v) is 7.06. The minimum absolute atomic E-state index is 0.00187. The van der Waals surface area contributed by atoms with Crippen LogP contribution in [0.3, 0.4) is 0 Å². The lowest BCUT2D eigenvalue weighted by atomic mass is 10.1. The summed E-state index contributed by atoms with van der Waals surface area (Å²) in [5, 5.41) is 3.14. The first-order valence-corrected chi connectivity index (χ1v) is 13.0. The molecule has 0 saturated heterocycles. The van der Waals surface area contributed by atoms with Gasteiger partial charge in [-0.15, -0.1) is 11.3 Å². The highest BCUT2D eigenvalue weighted by Gasteiger charge is 2.22. The molecule has 2 atom stereocenters. The van der Waals surface area contributed by atoms with E-state index in [0.717, 1.165) is 5.56 Å². The SMILES string of the molecule is Cc1cc(-c2nc3cc(F)c(O[C@@H](C)[C@@H](C)OC(=O)Nc4cnc(C)nc4)cc3s2)c2ncc(C(N)=O)nc2c1. The van der Waals surface area contributed by atoms with Crippen molar-refractivity contribution < 1.29 is 23.5 Å². The fourth-order valence-corrected chi connectivity index (χ4v) is 4.84. The van der Waals surface area contributed by atoms with Crippen molar-refractivity contribution in [2.24, 2.45) is 5.73 Å². The van der Waals surface area contributed by atoms with Gasteiger partial charge in [0, 0.05) is 17.7 Å². The smallest absolute Gasteiger partial charge is 0.412 e. The molecule has 2 amide bonds. The maximum absolute atomic E-state index is 15.0. The second-order valence-electron chi connectivity index (χ2n) is 9.15. The van der Waals surface area contributed by atoms with E-state index in [-0.39, 0.29) is 11.4 Å². The summed E-state index contributed by atoms with van der Waals surface area (Å²) < 4.78 is 26.9. The van der Waals surface area contributed by atoms with Crippen molar-refractivity contribution in [3.63, 3.8) is 0 Å². The number of halogens is 1. The monoisotopic (exact) mass is 561 g/mol. The Labute approximate surface area is 231 Å². The highest BCUT2D eigenvalue weighted by molar-refractivity contribution is 7.21. The molecule has 11 nitrogen and oxygen atoms in total. The lowest BCUT2D eigenvalue weighted by Gasteiger charge is -2.22. The Kier molecular flexibility index (Phi) is 7.22. The molecule has 0 aliphatic heterocycles. The summed E-state index contributed by atoms with van der Waals surface area (Å²) in [5.41, 5.74) is 8.87. The van der Waals surface area contributed by atoms with Gasteiger partial charge in [-0.25, -0.2) is 29.1 Å². The van der Waals surface area contributed by atoms with Gasteiger partial charge >= 0.3 is 6.09 Å². The summed E-state index contributed by atoms with van der Waals surface area (Å²) in [7, 11) is 0. The third kappa shape index (κ3) is 5.64. The molecule has 0 saturated carbocycles. The van der Waals surface area contributed by atoms with E-state index >= 15 is 4.39 Å². The van der Waals surface area contributed by atoms with Gasteiger partial charge in [-0.3, -0.25) is 15.1 Å². The van der Waals surface area contributed by atoms with E-state index < -0.39 is 30.0 Å². The number of aromatic nitrogens is 5. The van der Waals surface area contributed by atoms with Crippen molar-refractivity contribution >= 4 is 50.3 Å². The zero-order valence-electron chi connectivity index (χ0n) is 21.9. The van der Waals surface area contributed by atoms with Gasteiger partial charge in [0.15, 0.2) is 11.6 Å². The van der Waals surface area contributed by atoms with E-state index in [0.29, 0.717) is 43.3 Å². The number of benzene rings is 2. The maximum Gasteiger partial charge on any atom is 0.412 e. The lowest BCUT2D eigenvalue weighted by Crippen LogP contribution is -2.32. The number of carbonyl (C=O) groups excluding carboxylic acids is 2. The number of primary amides is 1. The second kappa shape index (κ2) is 10.8. The molecule has 0 radical (unpaired) electrons. The molecular formula is C27H24FN7O4S. The highest BCUT2D eigenvalue weighted by Crippen LogP contribution is 2.37. The number of thiazole rings is 1. The molecule has 0 spiro atoms. The van der Waals surface area contributed by atoms with Gasteiger partial charge in [0.2, 0.25) is 0 Å². The summed E-state index contributed by atoms with van der Waals surface area (Å²) >= 11 is 1.33. The molecule has 204 valence electrons. The molecule has 0 unspecified atom stereocenters. The Morgan fingerprint density at radius 1 is 0.975 bits per heavy atom. The second-order valence-corrected chi connectivity index (χ2v) is 10.2. The van der Waals surface area contributed by atoms with E-state index in [1.165, 1.54) is 36.0 Å². The largest absolute Gasteiger partial charge is 0.484 e. The lowest BCUT2D eigenvalue weighted by molar-refractivity contribution is 0.0402. The van der Waals surface area contributed by atoms with Crippen molar-refractivity contribution in [3.8, 4) is 16.3 Å². The first-order valence-electron chi connectivity index (χ1n) is 12.2. The van der Waals surface area contributed by atoms with Crippen LogP contribution in [-0.2, 0) is 4.74 Å². The highest BCUT2D eigenvalue weighted by atomic mass is 32.1. The minimum atomic E-state index is -0.713. The molecule has 0 aliphatic carbocycles. The number of nitrogens with two attached hydrogens (primary N) is 1. The number of nitrogens with one attached hydrogen (secondary N) is 1. The molecular weight excluding hydrogens is 537 g/mol. The van der Waals surface area contributed by atoms with Gasteiger partial charge in [-0.1, -0.05) is 0 Å². The molecule has 5 rings (SSSR count). The van der Waals surface area contributed by atoms with Crippen LogP contribution >= 0.6 is 11.3 Å². The first kappa shape index (κ1) is 26.8. The molecule has 13 heteroatoms. The number of hydrogen-bond acceptors (Lipinski definition) is 10. The first-order chi connectivity index (χ1) is 19.1. The van der Waals surface area contributed by atoms with Gasteiger partial charge in [0.25, 0.3) is 5.91 Å². The average molecular weight is 562 g/mol. The van der Waals surface area contributed by atoms with Gasteiger partial charge in [-0.2, -0.15) is 0 Å². The van der Waals surface area contributed by atoms with E-state index in [1.54, 1.807) is 32.9 Å². The van der Waals surface area contributed by atoms with Gasteiger partial charge in [-0.05, 0) is 45.4 Å². The van der Waals surface area contributed by atoms with E-state index in [2.05, 4.69) is 30.2 Å². The predicted octanol–water partition coefficient (Wildman–Crippen LogP) is 4.96. The summed E-state index contributed by atoms with van der Waals surface area (Å²) in [6.45, 7) is 6.94. The van der Waals surface area contributed by atoms with Crippen molar-refractivity contribution in [3.05, 3.63) is 65.8 Å². The fourth-order valence-electron chi connectivity index (χ4n) is 3.85. The normalized spacial score (nSPS) is 12.7. The number of anilines is 1. The van der Waals surface area contributed by atoms with Crippen LogP contribution in [0.4, 0.5) is 14.9 Å². The Morgan fingerprint density at radius 2 is 1.73 bits per heavy atom. The van der Waals surface area contributed by atoms with Gasteiger partial charge in [0.05, 0.1) is 45.5 Å². The summed E-state index contributed by atoms with van der Waals surface area (Å²) in [5.74, 6) is -0.709. The zero-order chi connectivity index (χ0) is 28.6. The zero-order valence-corrected chi connectivity index (χ0v) is 22.7. The Hall–Kier alpha value is -4.78. The number of fused-ring (bicyclic) bond motifs is 2. The molecule has 0 aliphatic rings. The van der Waals surface area contributed by atoms with Crippen LogP contribution in [0, 0.1) is 19.7 Å². The number of hydrogen-bond donors (Lipinski definition) is 2. The predicted molar refractivity (Wildman–Crippen MR) is 148 cm³/mol. The fraction of sp³-hybridized carbons (Fsp3) is 0.222. The van der Waals surface area contributed by atoms with Crippen LogP contribution in [0.2, 0.25) is 0 Å². The number of aryl methyl sites for hydroxylation is 2. The average Bonchev–Trinajstić information content (AvgIpc) is 3.31. The van der Waals surface area contributed by atoms with Crippen LogP contribution in [0.15, 0.2) is 42.9 Å². The number of amides is 2. The molecule has 3 N–H and O–H groups in total. The van der Waals surface area contributed by atoms with E-state index in [4.69, 9.17) is 15.2 Å². The van der Waals surface area contributed by atoms with Crippen molar-refractivity contribution in [1.82, 2.24) is 24.9 Å². The minimum Gasteiger partial charge on any atom is -0.484 e. The summed E-state index contributed by atoms with van der Waals surface area (Å²) in [6.07, 6.45) is 2.16. The topological polar surface area (TPSA) is 155 Å². The molecule has 3 aromatic heterocycles. The molecule has 3 heterocycles. The molecule has 40 heavy (non-hydrogen) atoms.